The van der Waals surface area contributed by atoms with Crippen LogP contribution in [0.4, 0.5) is 5.82 Å². The maximum Gasteiger partial charge on any atom is 0.144 e. The van der Waals surface area contributed by atoms with Crippen molar-refractivity contribution in [3.63, 3.8) is 0 Å². The van der Waals surface area contributed by atoms with Crippen LogP contribution < -0.4 is 5.32 Å². The van der Waals surface area contributed by atoms with Gasteiger partial charge in [0.1, 0.15) is 11.6 Å². The fraction of sp³-hybridized carbons (Fsp3) is 0.667. The zero-order valence-electron chi connectivity index (χ0n) is 10.3. The zero-order chi connectivity index (χ0) is 12.3. The third kappa shape index (κ3) is 3.35. The van der Waals surface area contributed by atoms with Gasteiger partial charge in [0, 0.05) is 12.5 Å². The van der Waals surface area contributed by atoms with Crippen molar-refractivity contribution in [3.05, 3.63) is 16.0 Å². The van der Waals surface area contributed by atoms with E-state index in [1.807, 2.05) is 0 Å². The van der Waals surface area contributed by atoms with E-state index >= 15 is 0 Å². The molecular weight excluding hydrogens is 298 g/mol. The maximum atomic E-state index is 4.67. The van der Waals surface area contributed by atoms with Crippen molar-refractivity contribution in [2.24, 2.45) is 0 Å². The van der Waals surface area contributed by atoms with Gasteiger partial charge in [0.05, 0.1) is 15.9 Å². The van der Waals surface area contributed by atoms with E-state index < -0.39 is 0 Å². The minimum absolute atomic E-state index is 0.648. The Hall–Kier alpha value is -0.290. The first-order valence-corrected chi connectivity index (χ1v) is 8.24. The molecule has 0 spiro atoms. The number of anilines is 1. The third-order valence-corrected chi connectivity index (χ3v) is 4.03. The maximum absolute atomic E-state index is 4.67. The number of hydrogen-bond acceptors (Lipinski definition) is 4. The molecule has 1 aliphatic rings. The molecule has 2 rings (SSSR count). The first-order chi connectivity index (χ1) is 8.26. The number of thioether (sulfide) groups is 1. The Balaban J connectivity index is 2.27. The SMILES string of the molecule is CCCNc1nc(CSC)nc(C2CC2)c1Br. The number of nitrogens with one attached hydrogen (secondary N) is 1. The lowest BCUT2D eigenvalue weighted by Gasteiger charge is -2.11. The van der Waals surface area contributed by atoms with Gasteiger partial charge in [-0.15, -0.1) is 0 Å². The van der Waals surface area contributed by atoms with Crippen LogP contribution in [0.15, 0.2) is 4.47 Å². The molecule has 0 unspecified atom stereocenters. The topological polar surface area (TPSA) is 37.8 Å². The van der Waals surface area contributed by atoms with E-state index in [1.165, 1.54) is 18.5 Å². The summed E-state index contributed by atoms with van der Waals surface area (Å²) in [5.74, 6) is 3.44. The van der Waals surface area contributed by atoms with Crippen molar-refractivity contribution in [1.29, 1.82) is 0 Å². The molecule has 1 N–H and O–H groups in total. The molecule has 0 aromatic carbocycles. The summed E-state index contributed by atoms with van der Waals surface area (Å²) in [6.07, 6.45) is 5.72. The molecule has 1 aromatic heterocycles. The molecule has 1 fully saturated rings. The second-order valence-electron chi connectivity index (χ2n) is 4.32. The monoisotopic (exact) mass is 315 g/mol. The number of rotatable bonds is 6. The predicted octanol–water partition coefficient (Wildman–Crippen LogP) is 3.80. The molecule has 1 heterocycles. The molecule has 1 aliphatic carbocycles. The molecule has 94 valence electrons. The molecule has 0 bridgehead atoms. The molecule has 5 heteroatoms. The van der Waals surface area contributed by atoms with Gasteiger partial charge in [-0.1, -0.05) is 6.92 Å². The average molecular weight is 316 g/mol. The number of halogens is 1. The smallest absolute Gasteiger partial charge is 0.144 e. The molecular formula is C12H18BrN3S. The van der Waals surface area contributed by atoms with E-state index in [-0.39, 0.29) is 0 Å². The highest BCUT2D eigenvalue weighted by atomic mass is 79.9. The molecule has 0 amide bonds. The van der Waals surface area contributed by atoms with Crippen LogP contribution in [0.5, 0.6) is 0 Å². The quantitative estimate of drug-likeness (QED) is 0.866. The van der Waals surface area contributed by atoms with E-state index in [0.717, 1.165) is 34.8 Å². The minimum Gasteiger partial charge on any atom is -0.369 e. The standard InChI is InChI=1S/C12H18BrN3S/c1-3-6-14-12-10(13)11(8-4-5-8)15-9(16-12)7-17-2/h8H,3-7H2,1-2H3,(H,14,15,16). The summed E-state index contributed by atoms with van der Waals surface area (Å²) in [6, 6.07) is 0. The largest absolute Gasteiger partial charge is 0.369 e. The summed E-state index contributed by atoms with van der Waals surface area (Å²) < 4.78 is 1.07. The van der Waals surface area contributed by atoms with E-state index in [4.69, 9.17) is 0 Å². The average Bonchev–Trinajstić information content (AvgIpc) is 3.14. The summed E-state index contributed by atoms with van der Waals surface area (Å²) in [7, 11) is 0. The van der Waals surface area contributed by atoms with Crippen LogP contribution in [0.2, 0.25) is 0 Å². The lowest BCUT2D eigenvalue weighted by Crippen LogP contribution is -2.08. The lowest BCUT2D eigenvalue weighted by atomic mass is 10.2. The normalized spacial score (nSPS) is 15.0. The van der Waals surface area contributed by atoms with E-state index in [2.05, 4.69) is 44.4 Å². The van der Waals surface area contributed by atoms with Gasteiger partial charge in [0.25, 0.3) is 0 Å². The fourth-order valence-electron chi connectivity index (χ4n) is 1.69. The van der Waals surface area contributed by atoms with Gasteiger partial charge in [-0.2, -0.15) is 11.8 Å². The first kappa shape index (κ1) is 13.1. The second-order valence-corrected chi connectivity index (χ2v) is 5.98. The third-order valence-electron chi connectivity index (χ3n) is 2.70. The summed E-state index contributed by atoms with van der Waals surface area (Å²) in [6.45, 7) is 3.12. The van der Waals surface area contributed by atoms with Crippen molar-refractivity contribution < 1.29 is 0 Å². The van der Waals surface area contributed by atoms with Crippen LogP contribution in [0.25, 0.3) is 0 Å². The highest BCUT2D eigenvalue weighted by molar-refractivity contribution is 9.10. The van der Waals surface area contributed by atoms with Crippen LogP contribution in [0.1, 0.15) is 43.6 Å². The molecule has 1 aromatic rings. The van der Waals surface area contributed by atoms with E-state index in [9.17, 15) is 0 Å². The van der Waals surface area contributed by atoms with E-state index in [1.54, 1.807) is 11.8 Å². The van der Waals surface area contributed by atoms with Crippen molar-refractivity contribution in [2.75, 3.05) is 18.1 Å². The predicted molar refractivity (Wildman–Crippen MR) is 77.7 cm³/mol. The number of hydrogen-bond donors (Lipinski definition) is 1. The molecule has 17 heavy (non-hydrogen) atoms. The van der Waals surface area contributed by atoms with Gasteiger partial charge in [-0.05, 0) is 41.4 Å². The minimum atomic E-state index is 0.648. The number of aromatic nitrogens is 2. The van der Waals surface area contributed by atoms with Crippen molar-refractivity contribution >= 4 is 33.5 Å². The van der Waals surface area contributed by atoms with E-state index in [0.29, 0.717) is 5.92 Å². The molecule has 1 saturated carbocycles. The summed E-state index contributed by atoms with van der Waals surface area (Å²) in [5.41, 5.74) is 1.20. The summed E-state index contributed by atoms with van der Waals surface area (Å²) >= 11 is 5.41. The Morgan fingerprint density at radius 1 is 1.41 bits per heavy atom. The van der Waals surface area contributed by atoms with Crippen molar-refractivity contribution in [3.8, 4) is 0 Å². The van der Waals surface area contributed by atoms with Gasteiger partial charge in [-0.3, -0.25) is 0 Å². The van der Waals surface area contributed by atoms with Crippen LogP contribution in [-0.2, 0) is 5.75 Å². The Morgan fingerprint density at radius 3 is 2.76 bits per heavy atom. The van der Waals surface area contributed by atoms with Crippen molar-refractivity contribution in [2.45, 2.75) is 37.9 Å². The summed E-state index contributed by atoms with van der Waals surface area (Å²) in [4.78, 5) is 9.25. The van der Waals surface area contributed by atoms with Crippen LogP contribution in [0, 0.1) is 0 Å². The zero-order valence-corrected chi connectivity index (χ0v) is 12.7. The Bertz CT molecular complexity index is 394. The molecule has 0 saturated heterocycles. The highest BCUT2D eigenvalue weighted by Gasteiger charge is 2.29. The lowest BCUT2D eigenvalue weighted by molar-refractivity contribution is 0.902. The van der Waals surface area contributed by atoms with Crippen LogP contribution in [-0.4, -0.2) is 22.8 Å². The summed E-state index contributed by atoms with van der Waals surface area (Å²) in [5, 5.41) is 3.38. The molecule has 0 radical (unpaired) electrons. The highest BCUT2D eigenvalue weighted by Crippen LogP contribution is 2.43. The number of nitrogens with zero attached hydrogens (tertiary/aromatic N) is 2. The molecule has 0 atom stereocenters. The van der Waals surface area contributed by atoms with Crippen molar-refractivity contribution in [1.82, 2.24) is 9.97 Å². The van der Waals surface area contributed by atoms with Gasteiger partial charge in [0.2, 0.25) is 0 Å². The Labute approximate surface area is 115 Å². The van der Waals surface area contributed by atoms with Crippen LogP contribution >= 0.6 is 27.7 Å². The molecule has 3 nitrogen and oxygen atoms in total. The Morgan fingerprint density at radius 2 is 2.18 bits per heavy atom. The van der Waals surface area contributed by atoms with Gasteiger partial charge in [0.15, 0.2) is 0 Å². The first-order valence-electron chi connectivity index (χ1n) is 6.05. The van der Waals surface area contributed by atoms with Gasteiger partial charge in [-0.25, -0.2) is 9.97 Å². The van der Waals surface area contributed by atoms with Gasteiger partial charge < -0.3 is 5.32 Å². The molecule has 0 aliphatic heterocycles. The van der Waals surface area contributed by atoms with Gasteiger partial charge >= 0.3 is 0 Å². The fourth-order valence-corrected chi connectivity index (χ4v) is 2.72. The second kappa shape index (κ2) is 6.05. The Kier molecular flexibility index (Phi) is 4.68. The van der Waals surface area contributed by atoms with Crippen LogP contribution in [0.3, 0.4) is 0 Å².